The minimum absolute atomic E-state index is 0.0822. The van der Waals surface area contributed by atoms with E-state index in [9.17, 15) is 0 Å². The van der Waals surface area contributed by atoms with E-state index in [1.165, 1.54) is 11.1 Å². The molecule has 0 unspecified atom stereocenters. The van der Waals surface area contributed by atoms with Crippen LogP contribution in [0.4, 0.5) is 0 Å². The zero-order valence-corrected chi connectivity index (χ0v) is 18.0. The predicted molar refractivity (Wildman–Crippen MR) is 124 cm³/mol. The van der Waals surface area contributed by atoms with Crippen LogP contribution in [0.15, 0.2) is 78.9 Å². The van der Waals surface area contributed by atoms with Gasteiger partial charge in [0.2, 0.25) is 0 Å². The fraction of sp³-hybridized carbons (Fsp3) is 0.269. The molecule has 3 nitrogen and oxygen atoms in total. The van der Waals surface area contributed by atoms with Gasteiger partial charge in [0.1, 0.15) is 5.82 Å². The summed E-state index contributed by atoms with van der Waals surface area (Å²) >= 11 is 6.19. The summed E-state index contributed by atoms with van der Waals surface area (Å²) < 4.78 is 2.18. The van der Waals surface area contributed by atoms with Gasteiger partial charge in [0.25, 0.3) is 0 Å². The molecule has 1 fully saturated rings. The number of likely N-dealkylation sites (tertiary alicyclic amines) is 1. The third-order valence-electron chi connectivity index (χ3n) is 6.66. The van der Waals surface area contributed by atoms with Gasteiger partial charge < -0.3 is 4.57 Å². The molecule has 0 amide bonds. The lowest BCUT2D eigenvalue weighted by molar-refractivity contribution is 0.168. The van der Waals surface area contributed by atoms with E-state index in [4.69, 9.17) is 16.6 Å². The Morgan fingerprint density at radius 2 is 1.47 bits per heavy atom. The normalized spacial score (nSPS) is 16.7. The largest absolute Gasteiger partial charge is 0.330 e. The second-order valence-corrected chi connectivity index (χ2v) is 8.75. The van der Waals surface area contributed by atoms with E-state index >= 15 is 0 Å². The molecular formula is C26H26ClN3. The third-order valence-corrected chi connectivity index (χ3v) is 6.90. The molecule has 3 aromatic carbocycles. The topological polar surface area (TPSA) is 21.1 Å². The molecule has 0 bridgehead atoms. The lowest BCUT2D eigenvalue weighted by Crippen LogP contribution is -2.43. The van der Waals surface area contributed by atoms with Gasteiger partial charge in [-0.2, -0.15) is 0 Å². The van der Waals surface area contributed by atoms with Crippen molar-refractivity contribution in [2.45, 2.75) is 24.8 Å². The first-order valence-corrected chi connectivity index (χ1v) is 11.0. The smallest absolute Gasteiger partial charge is 0.123 e. The summed E-state index contributed by atoms with van der Waals surface area (Å²) in [5.41, 5.74) is 5.04. The van der Waals surface area contributed by atoms with Crippen molar-refractivity contribution in [3.8, 4) is 0 Å². The monoisotopic (exact) mass is 415 g/mol. The first kappa shape index (κ1) is 19.3. The summed E-state index contributed by atoms with van der Waals surface area (Å²) in [7, 11) is 2.09. The Bertz CT molecular complexity index is 1100. The number of benzene rings is 3. The molecule has 0 N–H and O–H groups in total. The number of imidazole rings is 1. The van der Waals surface area contributed by atoms with Crippen LogP contribution >= 0.6 is 11.6 Å². The maximum absolute atomic E-state index is 6.19. The van der Waals surface area contributed by atoms with Crippen LogP contribution in [0.2, 0.25) is 5.02 Å². The molecule has 0 aliphatic carbocycles. The maximum atomic E-state index is 6.19. The molecule has 1 aliphatic rings. The molecule has 1 aromatic heterocycles. The van der Waals surface area contributed by atoms with Crippen LogP contribution in [-0.4, -0.2) is 27.5 Å². The van der Waals surface area contributed by atoms with E-state index in [-0.39, 0.29) is 5.41 Å². The van der Waals surface area contributed by atoms with E-state index in [0.29, 0.717) is 0 Å². The number of rotatable bonds is 4. The summed E-state index contributed by atoms with van der Waals surface area (Å²) in [6, 6.07) is 27.9. The van der Waals surface area contributed by atoms with Gasteiger partial charge >= 0.3 is 0 Å². The van der Waals surface area contributed by atoms with Crippen LogP contribution in [0.25, 0.3) is 11.0 Å². The van der Waals surface area contributed by atoms with Gasteiger partial charge in [0.15, 0.2) is 0 Å². The lowest BCUT2D eigenvalue weighted by atomic mass is 9.68. The SMILES string of the molecule is Cn1c(CN2CCC(c3ccccc3)(c3ccccc3)CC2)nc2ccc(Cl)cc21. The number of aryl methyl sites for hydroxylation is 1. The highest BCUT2D eigenvalue weighted by Gasteiger charge is 2.37. The van der Waals surface area contributed by atoms with E-state index < -0.39 is 0 Å². The van der Waals surface area contributed by atoms with Crippen LogP contribution in [0.3, 0.4) is 0 Å². The first-order chi connectivity index (χ1) is 14.7. The molecular weight excluding hydrogens is 390 g/mol. The molecule has 0 saturated carbocycles. The van der Waals surface area contributed by atoms with Gasteiger partial charge in [0, 0.05) is 17.5 Å². The standard InChI is InChI=1S/C26H26ClN3/c1-29-24-18-22(27)12-13-23(24)28-25(29)19-30-16-14-26(15-17-30,20-8-4-2-5-9-20)21-10-6-3-7-11-21/h2-13,18H,14-17,19H2,1H3. The molecule has 1 aliphatic heterocycles. The van der Waals surface area contributed by atoms with E-state index in [0.717, 1.165) is 54.4 Å². The highest BCUT2D eigenvalue weighted by atomic mass is 35.5. The lowest BCUT2D eigenvalue weighted by Gasteiger charge is -2.42. The number of nitrogens with zero attached hydrogens (tertiary/aromatic N) is 3. The average molecular weight is 416 g/mol. The fourth-order valence-corrected chi connectivity index (χ4v) is 5.07. The van der Waals surface area contributed by atoms with Gasteiger partial charge in [-0.15, -0.1) is 0 Å². The number of piperidine rings is 1. The molecule has 0 atom stereocenters. The number of hydrogen-bond acceptors (Lipinski definition) is 2. The molecule has 152 valence electrons. The van der Waals surface area contributed by atoms with Crippen molar-refractivity contribution in [2.75, 3.05) is 13.1 Å². The predicted octanol–water partition coefficient (Wildman–Crippen LogP) is 5.81. The van der Waals surface area contributed by atoms with Crippen molar-refractivity contribution in [2.24, 2.45) is 7.05 Å². The summed E-state index contributed by atoms with van der Waals surface area (Å²) in [6.07, 6.45) is 2.22. The van der Waals surface area contributed by atoms with E-state index in [2.05, 4.69) is 77.2 Å². The molecule has 30 heavy (non-hydrogen) atoms. The third kappa shape index (κ3) is 3.42. The first-order valence-electron chi connectivity index (χ1n) is 10.6. The maximum Gasteiger partial charge on any atom is 0.123 e. The van der Waals surface area contributed by atoms with Gasteiger partial charge in [-0.1, -0.05) is 72.3 Å². The zero-order chi connectivity index (χ0) is 20.6. The van der Waals surface area contributed by atoms with Crippen LogP contribution in [0.1, 0.15) is 29.8 Å². The van der Waals surface area contributed by atoms with Gasteiger partial charge in [-0.3, -0.25) is 4.90 Å². The Balaban J connectivity index is 1.40. The summed E-state index contributed by atoms with van der Waals surface area (Å²) in [6.45, 7) is 2.96. The molecule has 0 spiro atoms. The van der Waals surface area contributed by atoms with Crippen molar-refractivity contribution in [1.29, 1.82) is 0 Å². The van der Waals surface area contributed by atoms with Crippen molar-refractivity contribution < 1.29 is 0 Å². The highest BCUT2D eigenvalue weighted by Crippen LogP contribution is 2.41. The Labute approximate surface area is 182 Å². The van der Waals surface area contributed by atoms with Crippen LogP contribution in [0, 0.1) is 0 Å². The molecule has 2 heterocycles. The Morgan fingerprint density at radius 1 is 0.867 bits per heavy atom. The Hall–Kier alpha value is -2.62. The minimum Gasteiger partial charge on any atom is -0.330 e. The van der Waals surface area contributed by atoms with Gasteiger partial charge in [0.05, 0.1) is 17.6 Å². The van der Waals surface area contributed by atoms with E-state index in [1.54, 1.807) is 0 Å². The second kappa shape index (κ2) is 7.90. The minimum atomic E-state index is 0.0822. The molecule has 5 rings (SSSR count). The Morgan fingerprint density at radius 3 is 2.07 bits per heavy atom. The molecule has 1 saturated heterocycles. The summed E-state index contributed by atoms with van der Waals surface area (Å²) in [5.74, 6) is 1.10. The zero-order valence-electron chi connectivity index (χ0n) is 17.3. The molecule has 0 radical (unpaired) electrons. The molecule has 4 heteroatoms. The van der Waals surface area contributed by atoms with Gasteiger partial charge in [-0.25, -0.2) is 4.98 Å². The summed E-state index contributed by atoms with van der Waals surface area (Å²) in [4.78, 5) is 7.40. The van der Waals surface area contributed by atoms with Crippen LogP contribution in [-0.2, 0) is 19.0 Å². The average Bonchev–Trinajstić information content (AvgIpc) is 3.10. The number of fused-ring (bicyclic) bond motifs is 1. The van der Waals surface area contributed by atoms with Crippen molar-refractivity contribution >= 4 is 22.6 Å². The van der Waals surface area contributed by atoms with Crippen molar-refractivity contribution in [1.82, 2.24) is 14.5 Å². The highest BCUT2D eigenvalue weighted by molar-refractivity contribution is 6.31. The number of halogens is 1. The Kier molecular flexibility index (Phi) is 5.10. The van der Waals surface area contributed by atoms with Gasteiger partial charge in [-0.05, 0) is 55.3 Å². The van der Waals surface area contributed by atoms with Crippen LogP contribution in [0.5, 0.6) is 0 Å². The number of aromatic nitrogens is 2. The van der Waals surface area contributed by atoms with E-state index in [1.807, 2.05) is 18.2 Å². The second-order valence-electron chi connectivity index (χ2n) is 8.31. The van der Waals surface area contributed by atoms with Crippen LogP contribution < -0.4 is 0 Å². The fourth-order valence-electron chi connectivity index (χ4n) is 4.91. The summed E-state index contributed by atoms with van der Waals surface area (Å²) in [5, 5.41) is 0.755. The quantitative estimate of drug-likeness (QED) is 0.419. The molecule has 4 aromatic rings. The van der Waals surface area contributed by atoms with Crippen molar-refractivity contribution in [3.05, 3.63) is 101 Å². The van der Waals surface area contributed by atoms with Crippen molar-refractivity contribution in [3.63, 3.8) is 0 Å². The number of hydrogen-bond donors (Lipinski definition) is 0.